The van der Waals surface area contributed by atoms with Crippen molar-refractivity contribution in [1.82, 2.24) is 4.31 Å². The van der Waals surface area contributed by atoms with Crippen molar-refractivity contribution in [3.8, 4) is 0 Å². The van der Waals surface area contributed by atoms with Crippen molar-refractivity contribution in [3.05, 3.63) is 60.2 Å². The van der Waals surface area contributed by atoms with Gasteiger partial charge in [-0.2, -0.15) is 4.31 Å². The molecular weight excluding hydrogens is 535 g/mol. The van der Waals surface area contributed by atoms with Crippen LogP contribution in [0.3, 0.4) is 0 Å². The van der Waals surface area contributed by atoms with Crippen LogP contribution in [0.15, 0.2) is 59.5 Å². The Morgan fingerprint density at radius 2 is 1.61 bits per heavy atom. The molecule has 7 nitrogen and oxygen atoms in total. The third-order valence-corrected chi connectivity index (χ3v) is 19.7. The molecule has 10 heteroatoms. The summed E-state index contributed by atoms with van der Waals surface area (Å²) in [5.74, 6) is -0.632. The first-order chi connectivity index (χ1) is 17.5. The highest BCUT2D eigenvalue weighted by Crippen LogP contribution is 2.54. The molecule has 0 amide bonds. The van der Waals surface area contributed by atoms with E-state index in [0.717, 1.165) is 10.8 Å². The summed E-state index contributed by atoms with van der Waals surface area (Å²) in [7, 11) is -7.68. The van der Waals surface area contributed by atoms with E-state index in [1.54, 1.807) is 24.3 Å². The summed E-state index contributed by atoms with van der Waals surface area (Å²) in [4.78, 5) is 13.5. The molecule has 2 aliphatic rings. The highest BCUT2D eigenvalue weighted by molar-refractivity contribution is 7.89. The van der Waals surface area contributed by atoms with E-state index in [2.05, 4.69) is 59.1 Å². The van der Waals surface area contributed by atoms with Crippen LogP contribution < -0.4 is 5.19 Å². The van der Waals surface area contributed by atoms with Crippen molar-refractivity contribution in [3.63, 3.8) is 0 Å². The van der Waals surface area contributed by atoms with Crippen LogP contribution in [-0.4, -0.2) is 72.2 Å². The first-order valence-corrected chi connectivity index (χ1v) is 20.4. The molecule has 0 saturated carbocycles. The molecule has 0 unspecified atom stereocenters. The average Bonchev–Trinajstić information content (AvgIpc) is 3.60. The molecule has 4 rings (SSSR count). The van der Waals surface area contributed by atoms with Gasteiger partial charge in [0.1, 0.15) is 25.5 Å². The molecule has 0 aliphatic carbocycles. The van der Waals surface area contributed by atoms with Crippen LogP contribution in [0.4, 0.5) is 0 Å². The van der Waals surface area contributed by atoms with Gasteiger partial charge in [-0.25, -0.2) is 8.42 Å². The third kappa shape index (κ3) is 4.73. The maximum Gasteiger partial charge on any atom is 0.326 e. The second kappa shape index (κ2) is 9.67. The molecule has 2 saturated heterocycles. The number of epoxide rings is 1. The predicted molar refractivity (Wildman–Crippen MR) is 154 cm³/mol. The fourth-order valence-electron chi connectivity index (χ4n) is 5.21. The number of hydrogen-bond donors (Lipinski definition) is 0. The van der Waals surface area contributed by atoms with Crippen molar-refractivity contribution in [2.75, 3.05) is 13.7 Å². The summed E-state index contributed by atoms with van der Waals surface area (Å²) in [6.45, 7) is 17.0. The topological polar surface area (TPSA) is 85.4 Å². The number of methoxy groups -OCH3 is 1. The van der Waals surface area contributed by atoms with E-state index in [1.807, 2.05) is 25.1 Å². The van der Waals surface area contributed by atoms with Gasteiger partial charge in [0, 0.05) is 6.54 Å². The molecule has 2 aromatic rings. The lowest BCUT2D eigenvalue weighted by atomic mass is 10.0. The number of esters is 1. The number of nitrogens with zero attached hydrogens (tertiary/aromatic N) is 1. The Morgan fingerprint density at radius 1 is 1.03 bits per heavy atom. The second-order valence-corrected chi connectivity index (χ2v) is 23.9. The van der Waals surface area contributed by atoms with E-state index in [9.17, 15) is 13.2 Å². The number of aryl methyl sites for hydroxylation is 1. The summed E-state index contributed by atoms with van der Waals surface area (Å²) in [5, 5.41) is 0.261. The van der Waals surface area contributed by atoms with E-state index in [1.165, 1.54) is 11.4 Å². The molecule has 4 atom stereocenters. The summed E-state index contributed by atoms with van der Waals surface area (Å²) >= 11 is 0. The summed E-state index contributed by atoms with van der Waals surface area (Å²) in [6.07, 6.45) is -1.19. The number of carbonyl (C=O) groups excluding carboxylic acids is 1. The number of benzene rings is 2. The number of carbonyl (C=O) groups is 1. The summed E-state index contributed by atoms with van der Waals surface area (Å²) < 4.78 is 48.5. The average molecular weight is 576 g/mol. The lowest BCUT2D eigenvalue weighted by molar-refractivity contribution is -0.149. The van der Waals surface area contributed by atoms with Crippen LogP contribution in [0.1, 0.15) is 26.3 Å². The van der Waals surface area contributed by atoms with Gasteiger partial charge in [-0.05, 0) is 37.2 Å². The van der Waals surface area contributed by atoms with Gasteiger partial charge in [0.2, 0.25) is 10.0 Å². The monoisotopic (exact) mass is 575 g/mol. The largest absolute Gasteiger partial charge is 0.468 e. The Hall–Kier alpha value is -1.83. The standard InChI is InChI=1S/C28H41NO6SSi2/c1-20-15-17-21(18-16-20)36(31,32)29-19-28(37(6,7)22-13-11-10-12-14-22)25(34-28)24(23(29)26(30)33-5)35-38(8,9)27(2,3)4/h10-18,23-25H,19H2,1-9H3/t23-,24+,25-,28-/m1/s1. The SMILES string of the molecule is COC(=O)[C@H]1[C@H](O[Si](C)(C)C(C)(C)C)[C@H]2O[C@@]2([Si](C)(C)c2ccccc2)CN1S(=O)(=O)c1ccc(C)cc1. The summed E-state index contributed by atoms with van der Waals surface area (Å²) in [5.41, 5.74) is 0.950. The molecule has 0 N–H and O–H groups in total. The fourth-order valence-corrected chi connectivity index (χ4v) is 11.6. The minimum atomic E-state index is -4.08. The second-order valence-electron chi connectivity index (χ2n) is 12.6. The predicted octanol–water partition coefficient (Wildman–Crippen LogP) is 4.22. The van der Waals surface area contributed by atoms with Gasteiger partial charge in [0.15, 0.2) is 14.4 Å². The van der Waals surface area contributed by atoms with Gasteiger partial charge < -0.3 is 13.9 Å². The Kier molecular flexibility index (Phi) is 7.42. The number of fused-ring (bicyclic) bond motifs is 1. The molecule has 2 heterocycles. The molecule has 0 bridgehead atoms. The number of rotatable bonds is 7. The number of ether oxygens (including phenoxy) is 2. The van der Waals surface area contributed by atoms with Crippen molar-refractivity contribution in [1.29, 1.82) is 0 Å². The quantitative estimate of drug-likeness (QED) is 0.279. The first kappa shape index (κ1) is 29.2. The van der Waals surface area contributed by atoms with E-state index >= 15 is 0 Å². The maximum absolute atomic E-state index is 14.2. The molecule has 38 heavy (non-hydrogen) atoms. The number of sulfonamides is 1. The molecule has 2 aromatic carbocycles. The minimum absolute atomic E-state index is 0.0686. The van der Waals surface area contributed by atoms with E-state index < -0.39 is 55.9 Å². The maximum atomic E-state index is 14.2. The van der Waals surface area contributed by atoms with Crippen molar-refractivity contribution in [2.24, 2.45) is 0 Å². The normalized spacial score (nSPS) is 26.5. The molecule has 0 spiro atoms. The zero-order valence-corrected chi connectivity index (χ0v) is 26.8. The van der Waals surface area contributed by atoms with Gasteiger partial charge in [-0.1, -0.05) is 87.1 Å². The minimum Gasteiger partial charge on any atom is -0.468 e. The van der Waals surface area contributed by atoms with Crippen LogP contribution >= 0.6 is 0 Å². The van der Waals surface area contributed by atoms with Crippen LogP contribution in [0, 0.1) is 6.92 Å². The number of piperidine rings is 1. The summed E-state index contributed by atoms with van der Waals surface area (Å²) in [6, 6.07) is 15.7. The van der Waals surface area contributed by atoms with Crippen LogP contribution in [0.25, 0.3) is 0 Å². The van der Waals surface area contributed by atoms with Gasteiger partial charge >= 0.3 is 5.97 Å². The Labute approximate surface area is 229 Å². The van der Waals surface area contributed by atoms with Crippen molar-refractivity contribution in [2.45, 2.75) is 87.3 Å². The van der Waals surface area contributed by atoms with Crippen molar-refractivity contribution < 1.29 is 27.1 Å². The van der Waals surface area contributed by atoms with Gasteiger partial charge in [-0.15, -0.1) is 0 Å². The highest BCUT2D eigenvalue weighted by Gasteiger charge is 2.76. The lowest BCUT2D eigenvalue weighted by Gasteiger charge is -2.47. The van der Waals surface area contributed by atoms with Crippen molar-refractivity contribution >= 4 is 37.6 Å². The van der Waals surface area contributed by atoms with E-state index in [4.69, 9.17) is 13.9 Å². The van der Waals surface area contributed by atoms with E-state index in [-0.39, 0.29) is 16.5 Å². The zero-order chi connectivity index (χ0) is 28.3. The Balaban J connectivity index is 1.90. The van der Waals surface area contributed by atoms with Gasteiger partial charge in [0.05, 0.1) is 12.0 Å². The Morgan fingerprint density at radius 3 is 2.13 bits per heavy atom. The molecule has 0 radical (unpaired) electrons. The zero-order valence-electron chi connectivity index (χ0n) is 23.9. The Bertz CT molecular complexity index is 1290. The van der Waals surface area contributed by atoms with E-state index in [0.29, 0.717) is 0 Å². The number of hydrogen-bond acceptors (Lipinski definition) is 6. The van der Waals surface area contributed by atoms with Crippen LogP contribution in [0.5, 0.6) is 0 Å². The molecule has 0 aromatic heterocycles. The molecular formula is C28H41NO6SSi2. The van der Waals surface area contributed by atoms with Crippen LogP contribution in [0.2, 0.25) is 31.2 Å². The lowest BCUT2D eigenvalue weighted by Crippen LogP contribution is -2.70. The molecule has 208 valence electrons. The first-order valence-electron chi connectivity index (χ1n) is 13.1. The fraction of sp³-hybridized carbons (Fsp3) is 0.536. The van der Waals surface area contributed by atoms with Gasteiger partial charge in [-0.3, -0.25) is 4.79 Å². The smallest absolute Gasteiger partial charge is 0.326 e. The third-order valence-electron chi connectivity index (χ3n) is 8.91. The highest BCUT2D eigenvalue weighted by atomic mass is 32.2. The van der Waals surface area contributed by atoms with Crippen LogP contribution in [-0.2, 0) is 28.7 Å². The molecule has 2 aliphatic heterocycles. The van der Waals surface area contributed by atoms with Gasteiger partial charge in [0.25, 0.3) is 0 Å². The molecule has 2 fully saturated rings.